The number of anilines is 1. The topological polar surface area (TPSA) is 187 Å². The van der Waals surface area contributed by atoms with Crippen molar-refractivity contribution in [2.45, 2.75) is 35.9 Å². The highest BCUT2D eigenvalue weighted by Gasteiger charge is 2.45. The minimum Gasteiger partial charge on any atom is -0.480 e. The fourth-order valence-corrected chi connectivity index (χ4v) is 7.32. The number of pyridine rings is 1. The molecule has 0 bridgehead atoms. The van der Waals surface area contributed by atoms with Crippen molar-refractivity contribution in [3.63, 3.8) is 0 Å². The van der Waals surface area contributed by atoms with Crippen molar-refractivity contribution in [3.8, 4) is 6.07 Å². The second kappa shape index (κ2) is 13.7. The number of carboxylic acid groups (broad SMARTS) is 1. The zero-order valence-electron chi connectivity index (χ0n) is 23.7. The summed E-state index contributed by atoms with van der Waals surface area (Å²) in [6, 6.07) is 10.5. The predicted molar refractivity (Wildman–Crippen MR) is 167 cm³/mol. The van der Waals surface area contributed by atoms with Crippen LogP contribution in [0.4, 0.5) is 5.69 Å². The molecule has 0 unspecified atom stereocenters. The SMILES string of the molecule is N#Cc1cccc(S(=O)(=O)N2C[C@H](n3ccnc3)C[C@H]2C(=O)N[C@@H](Cc2ccc(NC(=O)c3c(Cl)cncc3Cl)cc2)C(=O)O)c1. The lowest BCUT2D eigenvalue weighted by molar-refractivity contribution is -0.142. The van der Waals surface area contributed by atoms with Crippen LogP contribution in [-0.4, -0.2) is 68.8 Å². The fraction of sp³-hybridized carbons (Fsp3) is 0.200. The molecule has 5 rings (SSSR count). The van der Waals surface area contributed by atoms with E-state index >= 15 is 0 Å². The molecule has 0 aliphatic carbocycles. The van der Waals surface area contributed by atoms with Crippen LogP contribution in [0.25, 0.3) is 0 Å². The molecule has 1 aliphatic rings. The number of nitrogens with one attached hydrogen (secondary N) is 2. The lowest BCUT2D eigenvalue weighted by Gasteiger charge is -2.25. The van der Waals surface area contributed by atoms with Crippen molar-refractivity contribution in [3.05, 3.63) is 106 Å². The van der Waals surface area contributed by atoms with Gasteiger partial charge in [-0.1, -0.05) is 41.4 Å². The highest BCUT2D eigenvalue weighted by atomic mass is 35.5. The summed E-state index contributed by atoms with van der Waals surface area (Å²) in [5, 5.41) is 24.5. The van der Waals surface area contributed by atoms with Crippen LogP contribution in [0.15, 0.2) is 84.5 Å². The number of nitrogens with zero attached hydrogens (tertiary/aromatic N) is 5. The summed E-state index contributed by atoms with van der Waals surface area (Å²) in [7, 11) is -4.26. The molecule has 4 aromatic rings. The van der Waals surface area contributed by atoms with E-state index in [9.17, 15) is 33.2 Å². The lowest BCUT2D eigenvalue weighted by atomic mass is 10.0. The highest BCUT2D eigenvalue weighted by Crippen LogP contribution is 2.33. The van der Waals surface area contributed by atoms with Gasteiger partial charge in [-0.25, -0.2) is 18.2 Å². The molecule has 0 spiro atoms. The molecule has 3 atom stereocenters. The third-order valence-corrected chi connectivity index (χ3v) is 9.84. The Morgan fingerprint density at radius 2 is 1.80 bits per heavy atom. The average Bonchev–Trinajstić information content (AvgIpc) is 3.73. The van der Waals surface area contributed by atoms with Crippen LogP contribution in [0.3, 0.4) is 0 Å². The van der Waals surface area contributed by atoms with E-state index in [0.29, 0.717) is 11.3 Å². The van der Waals surface area contributed by atoms with E-state index in [4.69, 9.17) is 23.2 Å². The maximum absolute atomic E-state index is 13.7. The van der Waals surface area contributed by atoms with E-state index in [1.807, 2.05) is 6.07 Å². The van der Waals surface area contributed by atoms with Crippen molar-refractivity contribution in [1.29, 1.82) is 5.26 Å². The van der Waals surface area contributed by atoms with E-state index in [-0.39, 0.29) is 45.5 Å². The number of carbonyl (C=O) groups excluding carboxylic acids is 2. The Balaban J connectivity index is 1.32. The van der Waals surface area contributed by atoms with Gasteiger partial charge in [0.2, 0.25) is 15.9 Å². The predicted octanol–water partition coefficient (Wildman–Crippen LogP) is 3.53. The molecule has 2 amide bonds. The van der Waals surface area contributed by atoms with Crippen LogP contribution in [0, 0.1) is 11.3 Å². The third kappa shape index (κ3) is 7.03. The number of nitriles is 1. The summed E-state index contributed by atoms with van der Waals surface area (Å²) in [4.78, 5) is 46.2. The molecule has 16 heteroatoms. The quantitative estimate of drug-likeness (QED) is 0.225. The molecular formula is C30H25Cl2N7O6S. The van der Waals surface area contributed by atoms with Crippen LogP contribution < -0.4 is 10.6 Å². The highest BCUT2D eigenvalue weighted by molar-refractivity contribution is 7.89. The Morgan fingerprint density at radius 3 is 2.43 bits per heavy atom. The van der Waals surface area contributed by atoms with Crippen LogP contribution in [0.5, 0.6) is 0 Å². The van der Waals surface area contributed by atoms with E-state index in [1.165, 1.54) is 49.2 Å². The van der Waals surface area contributed by atoms with E-state index in [0.717, 1.165) is 4.31 Å². The van der Waals surface area contributed by atoms with Gasteiger partial charge in [0.25, 0.3) is 5.91 Å². The lowest BCUT2D eigenvalue weighted by Crippen LogP contribution is -2.51. The Hall–Kier alpha value is -4.81. The number of imidazole rings is 1. The van der Waals surface area contributed by atoms with Gasteiger partial charge in [0, 0.05) is 43.4 Å². The monoisotopic (exact) mass is 681 g/mol. The number of hydrogen-bond acceptors (Lipinski definition) is 8. The molecule has 1 fully saturated rings. The van der Waals surface area contributed by atoms with Crippen LogP contribution in [0.2, 0.25) is 10.0 Å². The first-order valence-electron chi connectivity index (χ1n) is 13.7. The van der Waals surface area contributed by atoms with Crippen molar-refractivity contribution in [2.75, 3.05) is 11.9 Å². The molecule has 2 aromatic heterocycles. The number of halogens is 2. The van der Waals surface area contributed by atoms with Crippen molar-refractivity contribution in [1.82, 2.24) is 24.2 Å². The number of carbonyl (C=O) groups is 3. The van der Waals surface area contributed by atoms with Crippen molar-refractivity contribution < 1.29 is 27.9 Å². The minimum absolute atomic E-state index is 0.0482. The summed E-state index contributed by atoms with van der Waals surface area (Å²) in [6.07, 6.45) is 7.20. The van der Waals surface area contributed by atoms with Crippen LogP contribution in [0.1, 0.15) is 33.9 Å². The second-order valence-corrected chi connectivity index (χ2v) is 13.1. The number of benzene rings is 2. The third-order valence-electron chi connectivity index (χ3n) is 7.40. The summed E-state index contributed by atoms with van der Waals surface area (Å²) in [6.45, 7) is -0.0750. The molecule has 1 aliphatic heterocycles. The number of amides is 2. The first-order chi connectivity index (χ1) is 22.0. The molecule has 0 radical (unpaired) electrons. The van der Waals surface area contributed by atoms with Gasteiger partial charge in [-0.15, -0.1) is 0 Å². The molecule has 13 nitrogen and oxygen atoms in total. The van der Waals surface area contributed by atoms with Gasteiger partial charge in [-0.2, -0.15) is 9.57 Å². The van der Waals surface area contributed by atoms with Gasteiger partial charge in [-0.05, 0) is 42.3 Å². The zero-order chi connectivity index (χ0) is 33.0. The largest absolute Gasteiger partial charge is 0.480 e. The molecule has 3 heterocycles. The number of aromatic nitrogens is 3. The molecule has 2 aromatic carbocycles. The first kappa shape index (κ1) is 32.6. The van der Waals surface area contributed by atoms with E-state index in [2.05, 4.69) is 20.6 Å². The molecule has 46 heavy (non-hydrogen) atoms. The van der Waals surface area contributed by atoms with Gasteiger partial charge in [0.15, 0.2) is 0 Å². The van der Waals surface area contributed by atoms with Gasteiger partial charge >= 0.3 is 5.97 Å². The van der Waals surface area contributed by atoms with Crippen LogP contribution in [-0.2, 0) is 26.0 Å². The maximum Gasteiger partial charge on any atom is 0.326 e. The summed E-state index contributed by atoms with van der Waals surface area (Å²) in [5.74, 6) is -2.68. The smallest absolute Gasteiger partial charge is 0.326 e. The summed E-state index contributed by atoms with van der Waals surface area (Å²) < 4.78 is 30.2. The van der Waals surface area contributed by atoms with Crippen molar-refractivity contribution >= 4 is 56.7 Å². The van der Waals surface area contributed by atoms with Gasteiger partial charge in [0.1, 0.15) is 12.1 Å². The Bertz CT molecular complexity index is 1910. The number of hydrogen-bond donors (Lipinski definition) is 3. The molecule has 236 valence electrons. The van der Waals surface area contributed by atoms with E-state index < -0.39 is 45.9 Å². The van der Waals surface area contributed by atoms with Gasteiger partial charge in [0.05, 0.1) is 44.5 Å². The normalized spacial score (nSPS) is 17.2. The fourth-order valence-electron chi connectivity index (χ4n) is 5.10. The van der Waals surface area contributed by atoms with E-state index in [1.54, 1.807) is 35.0 Å². The van der Waals surface area contributed by atoms with Crippen molar-refractivity contribution in [2.24, 2.45) is 0 Å². The molecule has 1 saturated heterocycles. The number of carboxylic acids is 1. The first-order valence-corrected chi connectivity index (χ1v) is 15.9. The Morgan fingerprint density at radius 1 is 1.09 bits per heavy atom. The molecular weight excluding hydrogens is 657 g/mol. The standard InChI is InChI=1S/C30H25Cl2N7O6S/c31-23-14-35-15-24(32)27(23)29(41)36-20-6-4-18(5-7-20)11-25(30(42)43)37-28(40)26-12-21(38-9-8-34-17-38)16-39(26)46(44,45)22-3-1-2-19(10-22)13-33/h1-10,14-15,17,21,25-26H,11-12,16H2,(H,36,41)(H,37,40)(H,42,43)/t21-,25+,26+/m1/s1. The number of aliphatic carboxylic acids is 1. The zero-order valence-corrected chi connectivity index (χ0v) is 26.1. The number of sulfonamides is 1. The second-order valence-electron chi connectivity index (χ2n) is 10.4. The Kier molecular flexibility index (Phi) is 9.68. The molecule has 0 saturated carbocycles. The molecule has 3 N–H and O–H groups in total. The van der Waals surface area contributed by atoms with Gasteiger partial charge in [-0.3, -0.25) is 14.6 Å². The number of rotatable bonds is 10. The average molecular weight is 683 g/mol. The Labute approximate surface area is 273 Å². The maximum atomic E-state index is 13.7. The van der Waals surface area contributed by atoms with Gasteiger partial charge < -0.3 is 20.3 Å². The van der Waals surface area contributed by atoms with Crippen LogP contribution >= 0.6 is 23.2 Å². The summed E-state index contributed by atoms with van der Waals surface area (Å²) in [5.41, 5.74) is 1.08. The minimum atomic E-state index is -4.26. The summed E-state index contributed by atoms with van der Waals surface area (Å²) >= 11 is 12.1.